The second-order valence-electron chi connectivity index (χ2n) is 4.63. The van der Waals surface area contributed by atoms with Crippen LogP contribution in [0.4, 0.5) is 5.69 Å². The Hall–Kier alpha value is -2.45. The van der Waals surface area contributed by atoms with Gasteiger partial charge in [0.15, 0.2) is 0 Å². The number of carboxylic acid groups (broad SMARTS) is 1. The van der Waals surface area contributed by atoms with Gasteiger partial charge >= 0.3 is 5.97 Å². The molecule has 0 saturated heterocycles. The molecule has 8 heteroatoms. The summed E-state index contributed by atoms with van der Waals surface area (Å²) in [6.07, 6.45) is 2.55. The van der Waals surface area contributed by atoms with E-state index in [4.69, 9.17) is 10.8 Å². The van der Waals surface area contributed by atoms with Crippen molar-refractivity contribution in [2.24, 2.45) is 0 Å². The van der Waals surface area contributed by atoms with Gasteiger partial charge in [0.25, 0.3) is 0 Å². The number of sulfonamides is 1. The molecule has 0 spiro atoms. The van der Waals surface area contributed by atoms with E-state index in [-0.39, 0.29) is 4.90 Å². The Morgan fingerprint density at radius 1 is 1.32 bits per heavy atom. The molecule has 116 valence electrons. The van der Waals surface area contributed by atoms with Gasteiger partial charge in [0.05, 0.1) is 17.4 Å². The smallest absolute Gasteiger partial charge is 0.305 e. The molecule has 1 unspecified atom stereocenters. The zero-order valence-corrected chi connectivity index (χ0v) is 12.3. The summed E-state index contributed by atoms with van der Waals surface area (Å²) in [5.41, 5.74) is 6.36. The van der Waals surface area contributed by atoms with Crippen LogP contribution >= 0.6 is 0 Å². The van der Waals surface area contributed by atoms with E-state index in [2.05, 4.69) is 9.71 Å². The normalized spacial score (nSPS) is 12.7. The molecule has 0 aliphatic carbocycles. The zero-order chi connectivity index (χ0) is 16.2. The predicted octanol–water partition coefficient (Wildman–Crippen LogP) is 1.16. The number of hydrogen-bond donors (Lipinski definition) is 3. The van der Waals surface area contributed by atoms with Gasteiger partial charge in [-0.25, -0.2) is 13.1 Å². The van der Waals surface area contributed by atoms with Gasteiger partial charge in [0.2, 0.25) is 10.0 Å². The number of nitrogen functional groups attached to an aromatic ring is 1. The minimum Gasteiger partial charge on any atom is -0.481 e. The van der Waals surface area contributed by atoms with Crippen molar-refractivity contribution in [1.82, 2.24) is 9.71 Å². The molecule has 0 saturated carbocycles. The number of rotatable bonds is 6. The fourth-order valence-corrected chi connectivity index (χ4v) is 3.20. The van der Waals surface area contributed by atoms with Crippen LogP contribution in [-0.2, 0) is 14.8 Å². The van der Waals surface area contributed by atoms with Crippen molar-refractivity contribution in [2.45, 2.75) is 17.4 Å². The van der Waals surface area contributed by atoms with E-state index >= 15 is 0 Å². The zero-order valence-electron chi connectivity index (χ0n) is 11.5. The van der Waals surface area contributed by atoms with Crippen LogP contribution in [0.25, 0.3) is 0 Å². The first kappa shape index (κ1) is 15.9. The van der Waals surface area contributed by atoms with Crippen LogP contribution in [0.1, 0.15) is 18.0 Å². The number of aliphatic carboxylic acids is 1. The molecule has 0 fully saturated rings. The van der Waals surface area contributed by atoms with Gasteiger partial charge in [-0.3, -0.25) is 9.78 Å². The van der Waals surface area contributed by atoms with Crippen molar-refractivity contribution >= 4 is 21.7 Å². The summed E-state index contributed by atoms with van der Waals surface area (Å²) in [6, 6.07) is 8.08. The van der Waals surface area contributed by atoms with Crippen LogP contribution in [0.15, 0.2) is 53.7 Å². The highest BCUT2D eigenvalue weighted by molar-refractivity contribution is 7.89. The third kappa shape index (κ3) is 4.03. The molecule has 7 nitrogen and oxygen atoms in total. The molecule has 1 aromatic heterocycles. The van der Waals surface area contributed by atoms with Crippen molar-refractivity contribution in [3.8, 4) is 0 Å². The second-order valence-corrected chi connectivity index (χ2v) is 6.34. The molecule has 4 N–H and O–H groups in total. The maximum atomic E-state index is 12.4. The van der Waals surface area contributed by atoms with E-state index in [0.717, 1.165) is 0 Å². The van der Waals surface area contributed by atoms with E-state index in [0.29, 0.717) is 11.3 Å². The first-order valence-corrected chi connectivity index (χ1v) is 7.86. The largest absolute Gasteiger partial charge is 0.481 e. The predicted molar refractivity (Wildman–Crippen MR) is 80.4 cm³/mol. The van der Waals surface area contributed by atoms with Gasteiger partial charge in [-0.05, 0) is 29.8 Å². The molecular formula is C14H15N3O4S. The molecule has 0 amide bonds. The van der Waals surface area contributed by atoms with Crippen LogP contribution in [0, 0.1) is 0 Å². The van der Waals surface area contributed by atoms with Gasteiger partial charge in [-0.15, -0.1) is 0 Å². The van der Waals surface area contributed by atoms with Gasteiger partial charge in [0.1, 0.15) is 0 Å². The fraction of sp³-hybridized carbons (Fsp3) is 0.143. The summed E-state index contributed by atoms with van der Waals surface area (Å²) < 4.78 is 27.1. The maximum absolute atomic E-state index is 12.4. The lowest BCUT2D eigenvalue weighted by molar-refractivity contribution is -0.137. The van der Waals surface area contributed by atoms with Gasteiger partial charge in [-0.1, -0.05) is 12.1 Å². The number of benzene rings is 1. The average molecular weight is 321 g/mol. The Balaban J connectivity index is 2.32. The molecule has 0 aliphatic heterocycles. The average Bonchev–Trinajstić information content (AvgIpc) is 2.47. The number of hydrogen-bond acceptors (Lipinski definition) is 5. The van der Waals surface area contributed by atoms with Crippen molar-refractivity contribution in [3.05, 3.63) is 54.4 Å². The van der Waals surface area contributed by atoms with E-state index in [1.165, 1.54) is 30.6 Å². The van der Waals surface area contributed by atoms with Crippen molar-refractivity contribution in [2.75, 3.05) is 5.73 Å². The van der Waals surface area contributed by atoms with Crippen LogP contribution in [0.2, 0.25) is 0 Å². The first-order chi connectivity index (χ1) is 10.4. The topological polar surface area (TPSA) is 122 Å². The quantitative estimate of drug-likeness (QED) is 0.686. The molecule has 0 aliphatic rings. The van der Waals surface area contributed by atoms with Crippen molar-refractivity contribution in [3.63, 3.8) is 0 Å². The van der Waals surface area contributed by atoms with E-state index < -0.39 is 28.5 Å². The summed E-state index contributed by atoms with van der Waals surface area (Å²) >= 11 is 0. The Morgan fingerprint density at radius 3 is 2.68 bits per heavy atom. The van der Waals surface area contributed by atoms with Crippen LogP contribution in [-0.4, -0.2) is 24.5 Å². The van der Waals surface area contributed by atoms with Gasteiger partial charge < -0.3 is 10.8 Å². The minimum atomic E-state index is -3.90. The number of nitrogens with two attached hydrogens (primary N) is 1. The number of nitrogens with zero attached hydrogens (tertiary/aromatic N) is 1. The van der Waals surface area contributed by atoms with Crippen molar-refractivity contribution < 1.29 is 18.3 Å². The number of aromatic nitrogens is 1. The van der Waals surface area contributed by atoms with Crippen LogP contribution < -0.4 is 10.5 Å². The van der Waals surface area contributed by atoms with Crippen molar-refractivity contribution in [1.29, 1.82) is 0 Å². The SMILES string of the molecule is Nc1cccc(S(=O)(=O)NC(CC(=O)O)c2cccnc2)c1. The summed E-state index contributed by atoms with van der Waals surface area (Å²) in [4.78, 5) is 14.8. The number of pyridine rings is 1. The summed E-state index contributed by atoms with van der Waals surface area (Å²) in [7, 11) is -3.90. The Morgan fingerprint density at radius 2 is 2.09 bits per heavy atom. The van der Waals surface area contributed by atoms with Gasteiger partial charge in [0, 0.05) is 18.1 Å². The highest BCUT2D eigenvalue weighted by Gasteiger charge is 2.23. The molecule has 1 heterocycles. The highest BCUT2D eigenvalue weighted by atomic mass is 32.2. The molecule has 1 aromatic carbocycles. The summed E-state index contributed by atoms with van der Waals surface area (Å²) in [5, 5.41) is 8.98. The number of carboxylic acids is 1. The van der Waals surface area contributed by atoms with E-state index in [9.17, 15) is 13.2 Å². The van der Waals surface area contributed by atoms with Crippen LogP contribution in [0.3, 0.4) is 0 Å². The molecule has 0 bridgehead atoms. The molecule has 2 rings (SSSR count). The summed E-state index contributed by atoms with van der Waals surface area (Å²) in [6.45, 7) is 0. The minimum absolute atomic E-state index is 0.0215. The number of nitrogens with one attached hydrogen (secondary N) is 1. The van der Waals surface area contributed by atoms with E-state index in [1.54, 1.807) is 18.2 Å². The Bertz CT molecular complexity index is 763. The number of carbonyl (C=O) groups is 1. The second kappa shape index (κ2) is 6.54. The molecule has 0 radical (unpaired) electrons. The maximum Gasteiger partial charge on any atom is 0.305 e. The van der Waals surface area contributed by atoms with Crippen LogP contribution in [0.5, 0.6) is 0 Å². The van der Waals surface area contributed by atoms with E-state index in [1.807, 2.05) is 0 Å². The number of anilines is 1. The molecule has 1 atom stereocenters. The standard InChI is InChI=1S/C14H15N3O4S/c15-11-4-1-5-12(7-11)22(20,21)17-13(8-14(18)19)10-3-2-6-16-9-10/h1-7,9,13,17H,8,15H2,(H,18,19). The molecule has 2 aromatic rings. The lowest BCUT2D eigenvalue weighted by atomic mass is 10.1. The monoisotopic (exact) mass is 321 g/mol. The lowest BCUT2D eigenvalue weighted by Gasteiger charge is -2.17. The molecule has 22 heavy (non-hydrogen) atoms. The van der Waals surface area contributed by atoms with Gasteiger partial charge in [-0.2, -0.15) is 0 Å². The third-order valence-corrected chi connectivity index (χ3v) is 4.40. The third-order valence-electron chi connectivity index (χ3n) is 2.93. The Kier molecular flexibility index (Phi) is 4.74. The first-order valence-electron chi connectivity index (χ1n) is 6.38. The molecular weight excluding hydrogens is 306 g/mol. The lowest BCUT2D eigenvalue weighted by Crippen LogP contribution is -2.30. The summed E-state index contributed by atoms with van der Waals surface area (Å²) in [5.74, 6) is -1.12. The fourth-order valence-electron chi connectivity index (χ4n) is 1.92. The highest BCUT2D eigenvalue weighted by Crippen LogP contribution is 2.20. The Labute approximate surface area is 127 Å².